The molecule has 0 amide bonds. The number of rotatable bonds is 4. The Morgan fingerprint density at radius 1 is 1.25 bits per heavy atom. The van der Waals surface area contributed by atoms with Crippen LogP contribution in [-0.2, 0) is 6.61 Å². The number of hydrogen-bond donors (Lipinski definition) is 0. The Hall–Kier alpha value is -2.06. The van der Waals surface area contributed by atoms with Crippen molar-refractivity contribution in [3.63, 3.8) is 0 Å². The molecule has 2 aromatic rings. The monoisotopic (exact) mass is 335 g/mol. The highest BCUT2D eigenvalue weighted by atomic mass is 79.9. The van der Waals surface area contributed by atoms with Gasteiger partial charge in [-0.2, -0.15) is 5.26 Å². The van der Waals surface area contributed by atoms with Crippen LogP contribution in [-0.4, -0.2) is 7.11 Å². The van der Waals surface area contributed by atoms with Crippen LogP contribution in [0.25, 0.3) is 0 Å². The van der Waals surface area contributed by atoms with Crippen molar-refractivity contribution >= 4 is 15.9 Å². The summed E-state index contributed by atoms with van der Waals surface area (Å²) in [5.41, 5.74) is 1.30. The van der Waals surface area contributed by atoms with Gasteiger partial charge in [-0.25, -0.2) is 4.39 Å². The molecule has 0 atom stereocenters. The smallest absolute Gasteiger partial charge is 0.141 e. The second-order valence-electron chi connectivity index (χ2n) is 4.01. The van der Waals surface area contributed by atoms with Crippen molar-refractivity contribution in [2.45, 2.75) is 6.61 Å². The number of benzene rings is 2. The molecule has 0 spiro atoms. The molecule has 3 nitrogen and oxygen atoms in total. The first-order valence-electron chi connectivity index (χ1n) is 5.79. The third-order valence-corrected chi connectivity index (χ3v) is 3.33. The second-order valence-corrected chi connectivity index (χ2v) is 4.87. The Kier molecular flexibility index (Phi) is 4.59. The summed E-state index contributed by atoms with van der Waals surface area (Å²) in [5.74, 6) is 0.560. The summed E-state index contributed by atoms with van der Waals surface area (Å²) >= 11 is 3.08. The fourth-order valence-corrected chi connectivity index (χ4v) is 1.90. The minimum absolute atomic E-state index is 0.267. The zero-order valence-electron chi connectivity index (χ0n) is 10.7. The summed E-state index contributed by atoms with van der Waals surface area (Å²) in [6, 6.07) is 11.8. The molecule has 5 heteroatoms. The van der Waals surface area contributed by atoms with E-state index in [-0.39, 0.29) is 12.4 Å². The molecular weight excluding hydrogens is 325 g/mol. The van der Waals surface area contributed by atoms with Crippen LogP contribution in [0.2, 0.25) is 0 Å². The van der Waals surface area contributed by atoms with E-state index in [0.717, 1.165) is 5.56 Å². The SMILES string of the molecule is COc1cc(COc2ccc(Br)c(F)c2)ccc1C#N. The molecule has 0 heterocycles. The van der Waals surface area contributed by atoms with E-state index >= 15 is 0 Å². The Bertz CT molecular complexity index is 667. The Morgan fingerprint density at radius 2 is 2.05 bits per heavy atom. The molecule has 0 saturated carbocycles. The predicted molar refractivity (Wildman–Crippen MR) is 76.1 cm³/mol. The average molecular weight is 336 g/mol. The fourth-order valence-electron chi connectivity index (χ4n) is 1.65. The van der Waals surface area contributed by atoms with E-state index in [0.29, 0.717) is 21.5 Å². The first-order valence-corrected chi connectivity index (χ1v) is 6.58. The summed E-state index contributed by atoms with van der Waals surface area (Å²) in [5, 5.41) is 8.90. The van der Waals surface area contributed by atoms with Gasteiger partial charge in [0.05, 0.1) is 17.1 Å². The molecule has 2 aromatic carbocycles. The van der Waals surface area contributed by atoms with Crippen LogP contribution in [0.1, 0.15) is 11.1 Å². The highest BCUT2D eigenvalue weighted by Gasteiger charge is 2.05. The van der Waals surface area contributed by atoms with Crippen molar-refractivity contribution in [2.75, 3.05) is 7.11 Å². The summed E-state index contributed by atoms with van der Waals surface area (Å²) in [7, 11) is 1.50. The minimum Gasteiger partial charge on any atom is -0.495 e. The van der Waals surface area contributed by atoms with Gasteiger partial charge in [0.1, 0.15) is 30.0 Å². The molecule has 0 bridgehead atoms. The molecule has 102 valence electrons. The Morgan fingerprint density at radius 3 is 2.70 bits per heavy atom. The number of nitrogens with zero attached hydrogens (tertiary/aromatic N) is 1. The van der Waals surface area contributed by atoms with Crippen LogP contribution < -0.4 is 9.47 Å². The van der Waals surface area contributed by atoms with Gasteiger partial charge in [-0.15, -0.1) is 0 Å². The zero-order chi connectivity index (χ0) is 14.5. The van der Waals surface area contributed by atoms with E-state index in [1.54, 1.807) is 30.3 Å². The number of methoxy groups -OCH3 is 1. The molecule has 0 radical (unpaired) electrons. The standard InChI is InChI=1S/C15H11BrFNO2/c1-19-15-6-10(2-3-11(15)8-18)9-20-12-4-5-13(16)14(17)7-12/h2-7H,9H2,1H3. The maximum absolute atomic E-state index is 13.3. The van der Waals surface area contributed by atoms with E-state index < -0.39 is 0 Å². The Labute approximate surface area is 124 Å². The van der Waals surface area contributed by atoms with Crippen LogP contribution in [0.5, 0.6) is 11.5 Å². The van der Waals surface area contributed by atoms with E-state index in [9.17, 15) is 4.39 Å². The van der Waals surface area contributed by atoms with Gasteiger partial charge in [-0.05, 0) is 45.8 Å². The van der Waals surface area contributed by atoms with Crippen LogP contribution >= 0.6 is 15.9 Å². The topological polar surface area (TPSA) is 42.2 Å². The number of halogens is 2. The van der Waals surface area contributed by atoms with Gasteiger partial charge in [-0.1, -0.05) is 6.07 Å². The van der Waals surface area contributed by atoms with Crippen LogP contribution in [0.15, 0.2) is 40.9 Å². The molecule has 0 aliphatic rings. The van der Waals surface area contributed by atoms with Crippen molar-refractivity contribution in [2.24, 2.45) is 0 Å². The number of nitriles is 1. The van der Waals surface area contributed by atoms with Gasteiger partial charge < -0.3 is 9.47 Å². The lowest BCUT2D eigenvalue weighted by Gasteiger charge is -2.09. The molecule has 0 aliphatic heterocycles. The van der Waals surface area contributed by atoms with Gasteiger partial charge in [0.15, 0.2) is 0 Å². The van der Waals surface area contributed by atoms with Gasteiger partial charge in [-0.3, -0.25) is 0 Å². The van der Waals surface area contributed by atoms with Crippen molar-refractivity contribution in [3.8, 4) is 17.6 Å². The molecule has 0 N–H and O–H groups in total. The van der Waals surface area contributed by atoms with Crippen molar-refractivity contribution in [1.29, 1.82) is 5.26 Å². The minimum atomic E-state index is -0.375. The van der Waals surface area contributed by atoms with Crippen LogP contribution in [0, 0.1) is 17.1 Å². The lowest BCUT2D eigenvalue weighted by atomic mass is 10.1. The van der Waals surface area contributed by atoms with Gasteiger partial charge in [0, 0.05) is 6.07 Å². The summed E-state index contributed by atoms with van der Waals surface area (Å²) < 4.78 is 24.4. The van der Waals surface area contributed by atoms with Crippen molar-refractivity contribution in [1.82, 2.24) is 0 Å². The molecular formula is C15H11BrFNO2. The summed E-state index contributed by atoms with van der Waals surface area (Å²) in [4.78, 5) is 0. The zero-order valence-corrected chi connectivity index (χ0v) is 12.3. The quantitative estimate of drug-likeness (QED) is 0.846. The highest BCUT2D eigenvalue weighted by Crippen LogP contribution is 2.23. The normalized spacial score (nSPS) is 9.90. The summed E-state index contributed by atoms with van der Waals surface area (Å²) in [6.45, 7) is 0.267. The average Bonchev–Trinajstić information content (AvgIpc) is 2.48. The van der Waals surface area contributed by atoms with Crippen LogP contribution in [0.3, 0.4) is 0 Å². The molecule has 0 saturated heterocycles. The molecule has 2 rings (SSSR count). The molecule has 20 heavy (non-hydrogen) atoms. The van der Waals surface area contributed by atoms with Gasteiger partial charge in [0.2, 0.25) is 0 Å². The molecule has 0 aliphatic carbocycles. The van der Waals surface area contributed by atoms with Crippen LogP contribution in [0.4, 0.5) is 4.39 Å². The second kappa shape index (κ2) is 6.40. The molecule has 0 aromatic heterocycles. The Balaban J connectivity index is 2.11. The maximum Gasteiger partial charge on any atom is 0.141 e. The third-order valence-electron chi connectivity index (χ3n) is 2.68. The summed E-state index contributed by atoms with van der Waals surface area (Å²) in [6.07, 6.45) is 0. The maximum atomic E-state index is 13.3. The van der Waals surface area contributed by atoms with E-state index in [1.165, 1.54) is 13.2 Å². The van der Waals surface area contributed by atoms with E-state index in [4.69, 9.17) is 14.7 Å². The van der Waals surface area contributed by atoms with E-state index in [2.05, 4.69) is 15.9 Å². The fraction of sp³-hybridized carbons (Fsp3) is 0.133. The molecule has 0 unspecified atom stereocenters. The van der Waals surface area contributed by atoms with Crippen molar-refractivity contribution in [3.05, 3.63) is 57.8 Å². The largest absolute Gasteiger partial charge is 0.495 e. The van der Waals surface area contributed by atoms with E-state index in [1.807, 2.05) is 6.07 Å². The molecule has 0 fully saturated rings. The predicted octanol–water partition coefficient (Wildman–Crippen LogP) is 4.05. The highest BCUT2D eigenvalue weighted by molar-refractivity contribution is 9.10. The third kappa shape index (κ3) is 3.28. The van der Waals surface area contributed by atoms with Gasteiger partial charge >= 0.3 is 0 Å². The lowest BCUT2D eigenvalue weighted by molar-refractivity contribution is 0.303. The first kappa shape index (κ1) is 14.4. The number of hydrogen-bond acceptors (Lipinski definition) is 3. The van der Waals surface area contributed by atoms with Gasteiger partial charge in [0.25, 0.3) is 0 Å². The number of ether oxygens (including phenoxy) is 2. The first-order chi connectivity index (χ1) is 9.63. The lowest BCUT2D eigenvalue weighted by Crippen LogP contribution is -1.97. The van der Waals surface area contributed by atoms with Crippen molar-refractivity contribution < 1.29 is 13.9 Å².